The number of hydrogen-bond acceptors (Lipinski definition) is 5. The summed E-state index contributed by atoms with van der Waals surface area (Å²) in [7, 11) is 1.93. The van der Waals surface area contributed by atoms with Crippen molar-refractivity contribution in [3.05, 3.63) is 11.9 Å². The van der Waals surface area contributed by atoms with Gasteiger partial charge in [-0.05, 0) is 25.7 Å². The lowest BCUT2D eigenvalue weighted by atomic mass is 9.89. The van der Waals surface area contributed by atoms with Gasteiger partial charge in [-0.1, -0.05) is 18.1 Å². The van der Waals surface area contributed by atoms with Gasteiger partial charge in [-0.25, -0.2) is 0 Å². The second-order valence-electron chi connectivity index (χ2n) is 6.46. The first-order valence-corrected chi connectivity index (χ1v) is 8.23. The molecule has 2 fully saturated rings. The van der Waals surface area contributed by atoms with E-state index in [1.807, 2.05) is 17.9 Å². The highest BCUT2D eigenvalue weighted by Gasteiger charge is 2.31. The van der Waals surface area contributed by atoms with Crippen molar-refractivity contribution in [3.8, 4) is 0 Å². The SMILES string of the molecule is Cn1nncc1CNC1CCN(C2CCCCC2O)CC1. The van der Waals surface area contributed by atoms with Gasteiger partial charge in [0.05, 0.1) is 18.0 Å². The van der Waals surface area contributed by atoms with E-state index < -0.39 is 0 Å². The molecule has 1 saturated carbocycles. The molecular formula is C15H27N5O. The van der Waals surface area contributed by atoms with E-state index in [9.17, 15) is 5.11 Å². The molecule has 2 aliphatic rings. The van der Waals surface area contributed by atoms with E-state index in [4.69, 9.17) is 0 Å². The Bertz CT molecular complexity index is 441. The normalized spacial score (nSPS) is 28.9. The summed E-state index contributed by atoms with van der Waals surface area (Å²) in [6.45, 7) is 3.03. The van der Waals surface area contributed by atoms with Crippen LogP contribution in [0.3, 0.4) is 0 Å². The number of hydrogen-bond donors (Lipinski definition) is 2. The molecule has 0 radical (unpaired) electrons. The summed E-state index contributed by atoms with van der Waals surface area (Å²) >= 11 is 0. The number of piperidine rings is 1. The molecule has 1 aromatic heterocycles. The lowest BCUT2D eigenvalue weighted by Gasteiger charge is -2.41. The van der Waals surface area contributed by atoms with Gasteiger partial charge in [0, 0.05) is 38.8 Å². The first-order valence-electron chi connectivity index (χ1n) is 8.23. The zero-order valence-electron chi connectivity index (χ0n) is 12.9. The Labute approximate surface area is 126 Å². The third kappa shape index (κ3) is 3.62. The van der Waals surface area contributed by atoms with Crippen molar-refractivity contribution >= 4 is 0 Å². The Morgan fingerprint density at radius 2 is 2.00 bits per heavy atom. The van der Waals surface area contributed by atoms with Crippen LogP contribution in [0.25, 0.3) is 0 Å². The number of aliphatic hydroxyl groups excluding tert-OH is 1. The Kier molecular flexibility index (Phi) is 4.87. The number of aliphatic hydroxyl groups is 1. The summed E-state index contributed by atoms with van der Waals surface area (Å²) in [5.74, 6) is 0. The standard InChI is InChI=1S/C15H27N5O/c1-19-13(11-17-18-19)10-16-12-6-8-20(9-7-12)14-4-2-3-5-15(14)21/h11-12,14-16,21H,2-10H2,1H3. The molecule has 0 spiro atoms. The van der Waals surface area contributed by atoms with Gasteiger partial charge in [0.1, 0.15) is 0 Å². The van der Waals surface area contributed by atoms with E-state index in [-0.39, 0.29) is 6.10 Å². The van der Waals surface area contributed by atoms with Crippen LogP contribution in [-0.2, 0) is 13.6 Å². The highest BCUT2D eigenvalue weighted by molar-refractivity contribution is 4.94. The van der Waals surface area contributed by atoms with Gasteiger partial charge in [0.25, 0.3) is 0 Å². The molecule has 6 nitrogen and oxygen atoms in total. The van der Waals surface area contributed by atoms with E-state index in [2.05, 4.69) is 20.5 Å². The van der Waals surface area contributed by atoms with E-state index in [0.717, 1.165) is 44.6 Å². The number of aromatic nitrogens is 3. The molecule has 1 saturated heterocycles. The molecule has 2 heterocycles. The lowest BCUT2D eigenvalue weighted by Crippen LogP contribution is -2.51. The molecule has 0 amide bonds. The summed E-state index contributed by atoms with van der Waals surface area (Å²) in [6, 6.07) is 0.970. The maximum Gasteiger partial charge on any atom is 0.0738 e. The van der Waals surface area contributed by atoms with Gasteiger partial charge in [0.15, 0.2) is 0 Å². The maximum absolute atomic E-state index is 10.2. The van der Waals surface area contributed by atoms with Gasteiger partial charge in [-0.2, -0.15) is 0 Å². The summed E-state index contributed by atoms with van der Waals surface area (Å²) < 4.78 is 1.82. The summed E-state index contributed by atoms with van der Waals surface area (Å²) in [5, 5.41) is 21.6. The maximum atomic E-state index is 10.2. The first kappa shape index (κ1) is 14.9. The van der Waals surface area contributed by atoms with Crippen LogP contribution in [0.15, 0.2) is 6.20 Å². The fourth-order valence-corrected chi connectivity index (χ4v) is 3.67. The highest BCUT2D eigenvalue weighted by atomic mass is 16.3. The molecule has 1 aromatic rings. The summed E-state index contributed by atoms with van der Waals surface area (Å²) in [5.41, 5.74) is 1.13. The largest absolute Gasteiger partial charge is 0.391 e. The van der Waals surface area contributed by atoms with Crippen molar-refractivity contribution in [1.29, 1.82) is 0 Å². The minimum atomic E-state index is -0.108. The van der Waals surface area contributed by atoms with Crippen LogP contribution >= 0.6 is 0 Å². The van der Waals surface area contributed by atoms with E-state index in [0.29, 0.717) is 12.1 Å². The molecular weight excluding hydrogens is 266 g/mol. The smallest absolute Gasteiger partial charge is 0.0738 e. The van der Waals surface area contributed by atoms with Crippen LogP contribution in [0.1, 0.15) is 44.2 Å². The molecule has 6 heteroatoms. The average molecular weight is 293 g/mol. The number of aryl methyl sites for hydroxylation is 1. The Balaban J connectivity index is 1.43. The molecule has 1 aliphatic heterocycles. The first-order chi connectivity index (χ1) is 10.2. The van der Waals surface area contributed by atoms with E-state index in [1.54, 1.807) is 0 Å². The van der Waals surface area contributed by atoms with Crippen molar-refractivity contribution in [3.63, 3.8) is 0 Å². The monoisotopic (exact) mass is 293 g/mol. The third-order valence-corrected chi connectivity index (χ3v) is 5.07. The van der Waals surface area contributed by atoms with Crippen molar-refractivity contribution in [1.82, 2.24) is 25.2 Å². The van der Waals surface area contributed by atoms with E-state index in [1.165, 1.54) is 19.3 Å². The Morgan fingerprint density at radius 3 is 2.67 bits per heavy atom. The molecule has 2 unspecified atom stereocenters. The predicted molar refractivity (Wildman–Crippen MR) is 80.7 cm³/mol. The van der Waals surface area contributed by atoms with Gasteiger partial charge < -0.3 is 10.4 Å². The minimum Gasteiger partial charge on any atom is -0.391 e. The van der Waals surface area contributed by atoms with Crippen LogP contribution < -0.4 is 5.32 Å². The third-order valence-electron chi connectivity index (χ3n) is 5.07. The minimum absolute atomic E-state index is 0.108. The molecule has 118 valence electrons. The second-order valence-corrected chi connectivity index (χ2v) is 6.46. The highest BCUT2D eigenvalue weighted by Crippen LogP contribution is 2.25. The summed E-state index contributed by atoms with van der Waals surface area (Å²) in [6.07, 6.45) is 8.64. The number of likely N-dealkylation sites (tertiary alicyclic amines) is 1. The molecule has 3 rings (SSSR count). The van der Waals surface area contributed by atoms with Gasteiger partial charge in [-0.15, -0.1) is 5.10 Å². The Morgan fingerprint density at radius 1 is 1.24 bits per heavy atom. The number of rotatable bonds is 4. The predicted octanol–water partition coefficient (Wildman–Crippen LogP) is 0.673. The number of nitrogens with one attached hydrogen (secondary N) is 1. The summed E-state index contributed by atoms with van der Waals surface area (Å²) in [4.78, 5) is 2.51. The molecule has 21 heavy (non-hydrogen) atoms. The van der Waals surface area contributed by atoms with E-state index >= 15 is 0 Å². The van der Waals surface area contributed by atoms with Crippen LogP contribution in [-0.4, -0.2) is 56.3 Å². The molecule has 0 aromatic carbocycles. The van der Waals surface area contributed by atoms with Crippen molar-refractivity contribution in [2.75, 3.05) is 13.1 Å². The van der Waals surface area contributed by atoms with Crippen LogP contribution in [0, 0.1) is 0 Å². The van der Waals surface area contributed by atoms with Crippen molar-refractivity contribution in [2.24, 2.45) is 7.05 Å². The zero-order valence-corrected chi connectivity index (χ0v) is 12.9. The van der Waals surface area contributed by atoms with Crippen molar-refractivity contribution in [2.45, 2.75) is 63.3 Å². The van der Waals surface area contributed by atoms with Crippen LogP contribution in [0.2, 0.25) is 0 Å². The zero-order chi connectivity index (χ0) is 14.7. The molecule has 2 N–H and O–H groups in total. The van der Waals surface area contributed by atoms with Crippen molar-refractivity contribution < 1.29 is 5.11 Å². The molecule has 2 atom stereocenters. The lowest BCUT2D eigenvalue weighted by molar-refractivity contribution is 0.00711. The fourth-order valence-electron chi connectivity index (χ4n) is 3.67. The van der Waals surface area contributed by atoms with Gasteiger partial charge in [-0.3, -0.25) is 9.58 Å². The second kappa shape index (κ2) is 6.85. The fraction of sp³-hybridized carbons (Fsp3) is 0.867. The average Bonchev–Trinajstić information content (AvgIpc) is 2.92. The number of nitrogens with zero attached hydrogens (tertiary/aromatic N) is 4. The van der Waals surface area contributed by atoms with Crippen LogP contribution in [0.4, 0.5) is 0 Å². The quantitative estimate of drug-likeness (QED) is 0.854. The van der Waals surface area contributed by atoms with Gasteiger partial charge in [0.2, 0.25) is 0 Å². The van der Waals surface area contributed by atoms with Crippen LogP contribution in [0.5, 0.6) is 0 Å². The molecule has 0 bridgehead atoms. The van der Waals surface area contributed by atoms with Gasteiger partial charge >= 0.3 is 0 Å². The topological polar surface area (TPSA) is 66.2 Å². The Hall–Kier alpha value is -0.980. The molecule has 1 aliphatic carbocycles.